The minimum atomic E-state index is -3.11. The standard InChI is InChI=1S/C34H47O5PS2/c1-37-32-21-17-30(18-22-32)34(29-15-9-8-10-16-29,31-19-23-33(38-2)24-20-31)39-25-11-4-6-13-27-42(41)28-14-7-5-12-26-40(3,35)36/h8-10,15-24H,4-7,11-14,25-28H2,1-3H3,(H,35,36)/p-1. The van der Waals surface area contributed by atoms with Gasteiger partial charge in [0.05, 0.1) is 14.2 Å². The van der Waals surface area contributed by atoms with Crippen molar-refractivity contribution in [1.29, 1.82) is 0 Å². The summed E-state index contributed by atoms with van der Waals surface area (Å²) in [5, 5.41) is 0. The molecule has 0 amide bonds. The Balaban J connectivity index is 1.57. The zero-order chi connectivity index (χ0) is 30.3. The molecule has 0 aromatic heterocycles. The van der Waals surface area contributed by atoms with Crippen molar-refractivity contribution in [3.63, 3.8) is 0 Å². The van der Waals surface area contributed by atoms with Gasteiger partial charge in [0, 0.05) is 14.0 Å². The van der Waals surface area contributed by atoms with Gasteiger partial charge < -0.3 is 23.7 Å². The van der Waals surface area contributed by atoms with Gasteiger partial charge in [0.2, 0.25) is 0 Å². The molecule has 8 heteroatoms. The Hall–Kier alpha value is -2.02. The van der Waals surface area contributed by atoms with Gasteiger partial charge in [0.15, 0.2) is 0 Å². The van der Waals surface area contributed by atoms with E-state index in [2.05, 4.69) is 48.5 Å². The predicted molar refractivity (Wildman–Crippen MR) is 178 cm³/mol. The van der Waals surface area contributed by atoms with Crippen LogP contribution in [-0.2, 0) is 35.5 Å². The van der Waals surface area contributed by atoms with Crippen molar-refractivity contribution in [2.45, 2.75) is 57.0 Å². The zero-order valence-electron chi connectivity index (χ0n) is 25.3. The summed E-state index contributed by atoms with van der Waals surface area (Å²) in [4.78, 5) is 11.3. The first-order valence-corrected chi connectivity index (χ1v) is 19.6. The SMILES string of the molecule is COc1ccc(C(OCCCCCCS(=S)CCCCCCP(C)(=O)[O-])(c2ccccc2)c2ccc(OC)cc2)cc1. The molecule has 2 unspecified atom stereocenters. The summed E-state index contributed by atoms with van der Waals surface area (Å²) in [7, 11) is 0.270. The Kier molecular flexibility index (Phi) is 14.7. The molecule has 3 aromatic carbocycles. The lowest BCUT2D eigenvalue weighted by molar-refractivity contribution is -0.173. The first-order chi connectivity index (χ1) is 20.3. The second-order valence-corrected chi connectivity index (χ2v) is 16.4. The second kappa shape index (κ2) is 17.9. The van der Waals surface area contributed by atoms with E-state index in [0.717, 1.165) is 91.1 Å². The molecule has 230 valence electrons. The largest absolute Gasteiger partial charge is 0.799 e. The molecule has 0 saturated carbocycles. The summed E-state index contributed by atoms with van der Waals surface area (Å²) in [6.45, 7) is 1.96. The average Bonchev–Trinajstić information content (AvgIpc) is 3.00. The van der Waals surface area contributed by atoms with Crippen LogP contribution in [0.5, 0.6) is 11.5 Å². The molecule has 0 bridgehead atoms. The molecule has 3 rings (SSSR count). The molecule has 0 N–H and O–H groups in total. The highest BCUT2D eigenvalue weighted by Crippen LogP contribution is 2.41. The van der Waals surface area contributed by atoms with E-state index in [0.29, 0.717) is 12.8 Å². The van der Waals surface area contributed by atoms with Crippen LogP contribution in [0.25, 0.3) is 0 Å². The van der Waals surface area contributed by atoms with E-state index >= 15 is 0 Å². The maximum atomic E-state index is 11.3. The third kappa shape index (κ3) is 10.9. The fourth-order valence-electron chi connectivity index (χ4n) is 5.14. The summed E-state index contributed by atoms with van der Waals surface area (Å²) in [5.41, 5.74) is 2.40. The van der Waals surface area contributed by atoms with Crippen molar-refractivity contribution in [2.24, 2.45) is 0 Å². The van der Waals surface area contributed by atoms with Crippen molar-refractivity contribution in [2.75, 3.05) is 45.2 Å². The molecular weight excluding hydrogens is 583 g/mol. The molecule has 0 aliphatic heterocycles. The van der Waals surface area contributed by atoms with Crippen LogP contribution >= 0.6 is 7.37 Å². The summed E-state index contributed by atoms with van der Waals surface area (Å²) in [6, 6.07) is 26.7. The first kappa shape index (κ1) is 34.5. The third-order valence-electron chi connectivity index (χ3n) is 7.44. The normalized spacial score (nSPS) is 13.8. The minimum Gasteiger partial charge on any atom is -0.799 e. The van der Waals surface area contributed by atoms with Crippen LogP contribution in [0.3, 0.4) is 0 Å². The molecule has 0 fully saturated rings. The predicted octanol–water partition coefficient (Wildman–Crippen LogP) is 7.48. The van der Waals surface area contributed by atoms with Crippen molar-refractivity contribution in [3.8, 4) is 11.5 Å². The van der Waals surface area contributed by atoms with Crippen LogP contribution in [0.1, 0.15) is 68.1 Å². The third-order valence-corrected chi connectivity index (χ3v) is 11.1. The van der Waals surface area contributed by atoms with Gasteiger partial charge in [-0.3, -0.25) is 0 Å². The van der Waals surface area contributed by atoms with Gasteiger partial charge in [-0.1, -0.05) is 91.5 Å². The summed E-state index contributed by atoms with van der Waals surface area (Å²) in [6.07, 6.45) is 8.58. The van der Waals surface area contributed by atoms with Crippen LogP contribution in [0.2, 0.25) is 0 Å². The quantitative estimate of drug-likeness (QED) is 0.0734. The van der Waals surface area contributed by atoms with Gasteiger partial charge in [0.1, 0.15) is 17.1 Å². The topological polar surface area (TPSA) is 67.8 Å². The number of unbranched alkanes of at least 4 members (excludes halogenated alkanes) is 6. The van der Waals surface area contributed by atoms with Crippen LogP contribution < -0.4 is 14.4 Å². The lowest BCUT2D eigenvalue weighted by Crippen LogP contribution is -2.33. The molecule has 42 heavy (non-hydrogen) atoms. The number of hydrogen-bond acceptors (Lipinski definition) is 6. The lowest BCUT2D eigenvalue weighted by atomic mass is 9.80. The van der Waals surface area contributed by atoms with E-state index in [1.807, 2.05) is 30.3 Å². The molecule has 0 heterocycles. The van der Waals surface area contributed by atoms with Gasteiger partial charge >= 0.3 is 0 Å². The Bertz CT molecular complexity index is 1200. The summed E-state index contributed by atoms with van der Waals surface area (Å²) in [5.74, 6) is 3.78. The smallest absolute Gasteiger partial charge is 0.143 e. The molecule has 0 aliphatic rings. The molecule has 3 aromatic rings. The van der Waals surface area contributed by atoms with Gasteiger partial charge in [-0.15, -0.1) is 9.45 Å². The van der Waals surface area contributed by atoms with E-state index in [1.165, 1.54) is 6.66 Å². The van der Waals surface area contributed by atoms with Crippen LogP contribution in [0, 0.1) is 0 Å². The maximum absolute atomic E-state index is 11.3. The Labute approximate surface area is 260 Å². The number of benzene rings is 3. The number of hydrogen-bond donors (Lipinski definition) is 0. The van der Waals surface area contributed by atoms with Gasteiger partial charge in [-0.25, -0.2) is 0 Å². The Morgan fingerprint density at radius 1 is 0.690 bits per heavy atom. The van der Waals surface area contributed by atoms with E-state index in [4.69, 9.17) is 25.4 Å². The first-order valence-electron chi connectivity index (χ1n) is 14.9. The fourth-order valence-corrected chi connectivity index (χ4v) is 7.90. The monoisotopic (exact) mass is 629 g/mol. The minimum absolute atomic E-state index is 0.0208. The van der Waals surface area contributed by atoms with Gasteiger partial charge in [0.25, 0.3) is 0 Å². The molecular formula is C34H46O5PS2-. The number of methoxy groups -OCH3 is 2. The number of ether oxygens (including phenoxy) is 3. The fraction of sp³-hybridized carbons (Fsp3) is 0.471. The molecule has 0 aliphatic carbocycles. The van der Waals surface area contributed by atoms with Crippen molar-refractivity contribution in [3.05, 3.63) is 95.6 Å². The van der Waals surface area contributed by atoms with E-state index < -0.39 is 13.0 Å². The van der Waals surface area contributed by atoms with Crippen molar-refractivity contribution >= 4 is 28.0 Å². The van der Waals surface area contributed by atoms with Crippen LogP contribution in [0.4, 0.5) is 0 Å². The Morgan fingerprint density at radius 3 is 1.62 bits per heavy atom. The van der Waals surface area contributed by atoms with E-state index in [1.54, 1.807) is 14.2 Å². The van der Waals surface area contributed by atoms with Gasteiger partial charge in [-0.05, 0) is 91.0 Å². The van der Waals surface area contributed by atoms with Crippen molar-refractivity contribution < 1.29 is 23.7 Å². The number of rotatable bonds is 20. The van der Waals surface area contributed by atoms with E-state index in [-0.39, 0.29) is 9.45 Å². The molecule has 5 nitrogen and oxygen atoms in total. The highest BCUT2D eigenvalue weighted by atomic mass is 32.8. The molecule has 0 spiro atoms. The second-order valence-electron chi connectivity index (χ2n) is 10.8. The summed E-state index contributed by atoms with van der Waals surface area (Å²) >= 11 is 5.71. The average molecular weight is 630 g/mol. The molecule has 2 atom stereocenters. The zero-order valence-corrected chi connectivity index (χ0v) is 27.8. The molecule has 0 saturated heterocycles. The maximum Gasteiger partial charge on any atom is 0.143 e. The summed E-state index contributed by atoms with van der Waals surface area (Å²) < 4.78 is 29.1. The Morgan fingerprint density at radius 2 is 1.14 bits per heavy atom. The lowest BCUT2D eigenvalue weighted by Gasteiger charge is -2.36. The van der Waals surface area contributed by atoms with Crippen molar-refractivity contribution in [1.82, 2.24) is 0 Å². The van der Waals surface area contributed by atoms with Crippen LogP contribution in [-0.4, -0.2) is 45.2 Å². The van der Waals surface area contributed by atoms with Crippen LogP contribution in [0.15, 0.2) is 78.9 Å². The van der Waals surface area contributed by atoms with Gasteiger partial charge in [-0.2, -0.15) is 0 Å². The molecule has 0 radical (unpaired) electrons. The highest BCUT2D eigenvalue weighted by molar-refractivity contribution is 8.28. The van der Waals surface area contributed by atoms with E-state index in [9.17, 15) is 9.46 Å². The highest BCUT2D eigenvalue weighted by Gasteiger charge is 2.37.